The van der Waals surface area contributed by atoms with Crippen LogP contribution in [0.2, 0.25) is 0 Å². The van der Waals surface area contributed by atoms with E-state index < -0.39 is 0 Å². The van der Waals surface area contributed by atoms with Crippen LogP contribution in [0.3, 0.4) is 0 Å². The van der Waals surface area contributed by atoms with Crippen molar-refractivity contribution in [2.45, 2.75) is 51.6 Å². The summed E-state index contributed by atoms with van der Waals surface area (Å²) >= 11 is 0. The van der Waals surface area contributed by atoms with Gasteiger partial charge in [-0.1, -0.05) is 19.1 Å². The maximum absolute atomic E-state index is 4.24. The van der Waals surface area contributed by atoms with Crippen molar-refractivity contribution < 1.29 is 0 Å². The smallest absolute Gasteiger partial charge is 0.0478 e. The van der Waals surface area contributed by atoms with Crippen LogP contribution in [0.25, 0.3) is 6.08 Å². The van der Waals surface area contributed by atoms with Crippen LogP contribution in [0.15, 0.2) is 24.5 Å². The van der Waals surface area contributed by atoms with Gasteiger partial charge in [0.15, 0.2) is 0 Å². The van der Waals surface area contributed by atoms with Crippen LogP contribution in [0.1, 0.15) is 45.1 Å². The Labute approximate surface area is 110 Å². The Morgan fingerprint density at radius 2 is 1.94 bits per heavy atom. The molecule has 0 bridgehead atoms. The van der Waals surface area contributed by atoms with Crippen molar-refractivity contribution in [3.63, 3.8) is 0 Å². The summed E-state index contributed by atoms with van der Waals surface area (Å²) in [4.78, 5) is 6.85. The summed E-state index contributed by atoms with van der Waals surface area (Å²) in [5.74, 6) is 0.911. The summed E-state index contributed by atoms with van der Waals surface area (Å²) in [5, 5.41) is 0. The van der Waals surface area contributed by atoms with Gasteiger partial charge in [0.25, 0.3) is 0 Å². The summed E-state index contributed by atoms with van der Waals surface area (Å²) in [5.41, 5.74) is 2.65. The summed E-state index contributed by atoms with van der Waals surface area (Å²) in [7, 11) is 0. The molecule has 1 unspecified atom stereocenters. The topological polar surface area (TPSA) is 16.1 Å². The van der Waals surface area contributed by atoms with E-state index in [1.54, 1.807) is 0 Å². The molecule has 1 aromatic rings. The first-order valence-corrected chi connectivity index (χ1v) is 7.16. The lowest BCUT2D eigenvalue weighted by Gasteiger charge is -2.42. The molecule has 1 aromatic heterocycles. The van der Waals surface area contributed by atoms with E-state index in [0.29, 0.717) is 12.1 Å². The van der Waals surface area contributed by atoms with E-state index in [9.17, 15) is 0 Å². The van der Waals surface area contributed by atoms with Crippen LogP contribution in [-0.4, -0.2) is 17.1 Å². The van der Waals surface area contributed by atoms with Gasteiger partial charge in [-0.25, -0.2) is 0 Å². The molecule has 2 nitrogen and oxygen atoms in total. The minimum atomic E-state index is 0.512. The van der Waals surface area contributed by atoms with Gasteiger partial charge in [0.05, 0.1) is 0 Å². The van der Waals surface area contributed by atoms with E-state index in [2.05, 4.69) is 41.9 Å². The highest BCUT2D eigenvalue weighted by molar-refractivity contribution is 5.71. The number of aromatic nitrogens is 1. The number of hydrogen-bond donors (Lipinski definition) is 0. The average molecular weight is 242 g/mol. The zero-order chi connectivity index (χ0) is 12.5. The first-order chi connectivity index (χ1) is 8.75. The largest absolute Gasteiger partial charge is 0.362 e. The predicted molar refractivity (Wildman–Crippen MR) is 76.6 cm³/mol. The second kappa shape index (κ2) is 4.75. The Balaban J connectivity index is 1.89. The molecule has 3 rings (SSSR count). The fourth-order valence-corrected chi connectivity index (χ4v) is 3.37. The lowest BCUT2D eigenvalue weighted by molar-refractivity contribution is 0.328. The molecule has 0 radical (unpaired) electrons. The molecule has 96 valence electrons. The third-order valence-electron chi connectivity index (χ3n) is 4.48. The summed E-state index contributed by atoms with van der Waals surface area (Å²) in [6.07, 6.45) is 13.8. The molecule has 0 aromatic carbocycles. The van der Waals surface area contributed by atoms with Crippen LogP contribution < -0.4 is 4.90 Å². The molecule has 0 saturated heterocycles. The molecule has 1 atom stereocenters. The highest BCUT2D eigenvalue weighted by Crippen LogP contribution is 2.35. The van der Waals surface area contributed by atoms with Crippen molar-refractivity contribution in [3.05, 3.63) is 30.1 Å². The highest BCUT2D eigenvalue weighted by Gasteiger charge is 2.29. The maximum Gasteiger partial charge on any atom is 0.0478 e. The standard InChI is InChI=1S/C16H22N2/c1-12-3-7-15(8-4-12)18-13(2)5-6-14-11-17-10-9-16(14)18/h5-6,9-13,15H,3-4,7-8H2,1-2H3. The molecular formula is C16H22N2. The van der Waals surface area contributed by atoms with E-state index in [0.717, 1.165) is 5.92 Å². The number of hydrogen-bond acceptors (Lipinski definition) is 2. The van der Waals surface area contributed by atoms with E-state index in [1.807, 2.05) is 12.4 Å². The van der Waals surface area contributed by atoms with Crippen LogP contribution in [0.5, 0.6) is 0 Å². The third-order valence-corrected chi connectivity index (χ3v) is 4.48. The molecule has 0 N–H and O–H groups in total. The van der Waals surface area contributed by atoms with Gasteiger partial charge in [-0.05, 0) is 44.6 Å². The molecular weight excluding hydrogens is 220 g/mol. The number of pyridine rings is 1. The van der Waals surface area contributed by atoms with Gasteiger partial charge < -0.3 is 4.90 Å². The molecule has 2 aliphatic rings. The van der Waals surface area contributed by atoms with Crippen molar-refractivity contribution in [3.8, 4) is 0 Å². The van der Waals surface area contributed by atoms with E-state index >= 15 is 0 Å². The van der Waals surface area contributed by atoms with E-state index in [-0.39, 0.29) is 0 Å². The number of anilines is 1. The van der Waals surface area contributed by atoms with Crippen LogP contribution in [0.4, 0.5) is 5.69 Å². The predicted octanol–water partition coefficient (Wildman–Crippen LogP) is 3.88. The second-order valence-electron chi connectivity index (χ2n) is 5.86. The first kappa shape index (κ1) is 11.8. The number of rotatable bonds is 1. The zero-order valence-corrected chi connectivity index (χ0v) is 11.3. The summed E-state index contributed by atoms with van der Waals surface area (Å²) in [6.45, 7) is 4.69. The minimum Gasteiger partial charge on any atom is -0.362 e. The molecule has 0 spiro atoms. The van der Waals surface area contributed by atoms with Crippen molar-refractivity contribution in [2.75, 3.05) is 4.90 Å². The van der Waals surface area contributed by atoms with Gasteiger partial charge in [0, 0.05) is 35.7 Å². The molecule has 2 heteroatoms. The fraction of sp³-hybridized carbons (Fsp3) is 0.562. The first-order valence-electron chi connectivity index (χ1n) is 7.16. The quantitative estimate of drug-likeness (QED) is 0.743. The summed E-state index contributed by atoms with van der Waals surface area (Å²) < 4.78 is 0. The van der Waals surface area contributed by atoms with Crippen LogP contribution in [-0.2, 0) is 0 Å². The van der Waals surface area contributed by atoms with Crippen molar-refractivity contribution >= 4 is 11.8 Å². The average Bonchev–Trinajstić information content (AvgIpc) is 2.40. The lowest BCUT2D eigenvalue weighted by Crippen LogP contribution is -2.44. The monoisotopic (exact) mass is 242 g/mol. The number of nitrogens with zero attached hydrogens (tertiary/aromatic N) is 2. The highest BCUT2D eigenvalue weighted by atomic mass is 15.2. The van der Waals surface area contributed by atoms with Crippen molar-refractivity contribution in [1.82, 2.24) is 4.98 Å². The van der Waals surface area contributed by atoms with Gasteiger partial charge >= 0.3 is 0 Å². The Morgan fingerprint density at radius 1 is 1.17 bits per heavy atom. The van der Waals surface area contributed by atoms with E-state index in [1.165, 1.54) is 36.9 Å². The molecule has 1 aliphatic carbocycles. The SMILES string of the molecule is CC1CCC(N2c3ccncc3C=CC2C)CC1. The Morgan fingerprint density at radius 3 is 2.72 bits per heavy atom. The maximum atomic E-state index is 4.24. The lowest BCUT2D eigenvalue weighted by atomic mass is 9.85. The minimum absolute atomic E-state index is 0.512. The molecule has 1 fully saturated rings. The summed E-state index contributed by atoms with van der Waals surface area (Å²) in [6, 6.07) is 3.40. The van der Waals surface area contributed by atoms with Crippen LogP contribution in [0, 0.1) is 5.92 Å². The van der Waals surface area contributed by atoms with Crippen molar-refractivity contribution in [2.24, 2.45) is 5.92 Å². The zero-order valence-electron chi connectivity index (χ0n) is 11.3. The van der Waals surface area contributed by atoms with Gasteiger partial charge in [-0.3, -0.25) is 4.98 Å². The normalized spacial score (nSPS) is 31.2. The fourth-order valence-electron chi connectivity index (χ4n) is 3.37. The number of fused-ring (bicyclic) bond motifs is 1. The molecule has 0 amide bonds. The van der Waals surface area contributed by atoms with Crippen LogP contribution >= 0.6 is 0 Å². The molecule has 18 heavy (non-hydrogen) atoms. The Hall–Kier alpha value is -1.31. The van der Waals surface area contributed by atoms with Gasteiger partial charge in [-0.15, -0.1) is 0 Å². The van der Waals surface area contributed by atoms with E-state index in [4.69, 9.17) is 0 Å². The third kappa shape index (κ3) is 2.05. The second-order valence-corrected chi connectivity index (χ2v) is 5.86. The van der Waals surface area contributed by atoms with Crippen molar-refractivity contribution in [1.29, 1.82) is 0 Å². The van der Waals surface area contributed by atoms with Gasteiger partial charge in [-0.2, -0.15) is 0 Å². The Bertz CT molecular complexity index is 444. The molecule has 2 heterocycles. The molecule has 1 aliphatic heterocycles. The van der Waals surface area contributed by atoms with Gasteiger partial charge in [0.2, 0.25) is 0 Å². The molecule has 1 saturated carbocycles. The Kier molecular flexibility index (Phi) is 3.11. The van der Waals surface area contributed by atoms with Gasteiger partial charge in [0.1, 0.15) is 0 Å².